The Balaban J connectivity index is 2.00. The summed E-state index contributed by atoms with van der Waals surface area (Å²) in [5.74, 6) is 2.74. The summed E-state index contributed by atoms with van der Waals surface area (Å²) < 4.78 is 0. The molecule has 0 aromatic carbocycles. The number of thioether (sulfide) groups is 1. The second-order valence-corrected chi connectivity index (χ2v) is 3.44. The van der Waals surface area contributed by atoms with Gasteiger partial charge in [-0.05, 0) is 13.0 Å². The quantitative estimate of drug-likeness (QED) is 0.492. The van der Waals surface area contributed by atoms with E-state index >= 15 is 0 Å². The molecule has 0 amide bonds. The number of nitrogens with one attached hydrogen (secondary N) is 1. The first-order valence-corrected chi connectivity index (χ1v) is 3.90. The fourth-order valence-electron chi connectivity index (χ4n) is 1.07. The lowest BCUT2D eigenvalue weighted by Gasteiger charge is -2.49. The third kappa shape index (κ3) is 0.441. The van der Waals surface area contributed by atoms with Gasteiger partial charge in [-0.25, -0.2) is 0 Å². The first kappa shape index (κ1) is 4.21. The van der Waals surface area contributed by atoms with Crippen molar-refractivity contribution in [2.24, 2.45) is 0 Å². The molecular weight excluding hydrogens is 106 g/mol. The standard InChI is InChI=1S/C5H9NS/c1-2-6-5(1)3-7-4-5/h6H,1-4H2. The predicted octanol–water partition coefficient (Wildman–Crippen LogP) is 0.465. The zero-order valence-electron chi connectivity index (χ0n) is 4.24. The first-order valence-electron chi connectivity index (χ1n) is 2.74. The zero-order chi connectivity index (χ0) is 4.74. The average molecular weight is 115 g/mol. The second-order valence-electron chi connectivity index (χ2n) is 2.45. The van der Waals surface area contributed by atoms with Crippen molar-refractivity contribution in [1.82, 2.24) is 5.32 Å². The van der Waals surface area contributed by atoms with Crippen LogP contribution in [0.25, 0.3) is 0 Å². The number of hydrogen-bond donors (Lipinski definition) is 1. The highest BCUT2D eigenvalue weighted by Crippen LogP contribution is 2.36. The number of rotatable bonds is 0. The van der Waals surface area contributed by atoms with Gasteiger partial charge < -0.3 is 5.32 Å². The molecule has 2 fully saturated rings. The predicted molar refractivity (Wildman–Crippen MR) is 32.7 cm³/mol. The summed E-state index contributed by atoms with van der Waals surface area (Å²) in [5.41, 5.74) is 0.657. The van der Waals surface area contributed by atoms with Gasteiger partial charge in [0.05, 0.1) is 0 Å². The molecule has 1 nitrogen and oxygen atoms in total. The topological polar surface area (TPSA) is 12.0 Å². The van der Waals surface area contributed by atoms with Gasteiger partial charge in [0.15, 0.2) is 0 Å². The van der Waals surface area contributed by atoms with Crippen LogP contribution in [0.2, 0.25) is 0 Å². The van der Waals surface area contributed by atoms with Gasteiger partial charge in [-0.3, -0.25) is 0 Å². The van der Waals surface area contributed by atoms with Crippen molar-refractivity contribution in [3.8, 4) is 0 Å². The molecule has 2 aliphatic rings. The third-order valence-electron chi connectivity index (χ3n) is 1.86. The van der Waals surface area contributed by atoms with Crippen LogP contribution in [0.5, 0.6) is 0 Å². The van der Waals surface area contributed by atoms with Gasteiger partial charge in [-0.1, -0.05) is 0 Å². The van der Waals surface area contributed by atoms with Crippen LogP contribution in [-0.4, -0.2) is 23.6 Å². The molecule has 7 heavy (non-hydrogen) atoms. The van der Waals surface area contributed by atoms with Crippen molar-refractivity contribution in [2.45, 2.75) is 12.0 Å². The fraction of sp³-hybridized carbons (Fsp3) is 1.00. The summed E-state index contributed by atoms with van der Waals surface area (Å²) in [4.78, 5) is 0. The lowest BCUT2D eigenvalue weighted by atomic mass is 9.92. The molecular formula is C5H9NS. The Labute approximate surface area is 47.9 Å². The van der Waals surface area contributed by atoms with E-state index in [-0.39, 0.29) is 0 Å². The van der Waals surface area contributed by atoms with Gasteiger partial charge in [-0.15, -0.1) is 0 Å². The molecule has 0 unspecified atom stereocenters. The lowest BCUT2D eigenvalue weighted by molar-refractivity contribution is 0.257. The normalized spacial score (nSPS) is 34.3. The van der Waals surface area contributed by atoms with E-state index < -0.39 is 0 Å². The van der Waals surface area contributed by atoms with E-state index in [0.717, 1.165) is 0 Å². The van der Waals surface area contributed by atoms with E-state index in [1.54, 1.807) is 0 Å². The maximum absolute atomic E-state index is 3.44. The highest BCUT2D eigenvalue weighted by atomic mass is 32.2. The molecule has 0 saturated carbocycles. The Bertz CT molecular complexity index is 68.6. The minimum Gasteiger partial charge on any atom is -0.310 e. The van der Waals surface area contributed by atoms with Crippen LogP contribution >= 0.6 is 11.8 Å². The maximum Gasteiger partial charge on any atom is 0.0374 e. The van der Waals surface area contributed by atoms with E-state index in [1.165, 1.54) is 24.5 Å². The van der Waals surface area contributed by atoms with Gasteiger partial charge in [-0.2, -0.15) is 11.8 Å². The first-order chi connectivity index (χ1) is 3.41. The van der Waals surface area contributed by atoms with Crippen molar-refractivity contribution in [2.75, 3.05) is 18.1 Å². The van der Waals surface area contributed by atoms with Gasteiger partial charge in [0.1, 0.15) is 0 Å². The molecule has 2 rings (SSSR count). The molecule has 0 bridgehead atoms. The Kier molecular flexibility index (Phi) is 0.707. The van der Waals surface area contributed by atoms with E-state index in [1.807, 2.05) is 0 Å². The van der Waals surface area contributed by atoms with Crippen molar-refractivity contribution in [1.29, 1.82) is 0 Å². The Hall–Kier alpha value is 0.310. The Morgan fingerprint density at radius 2 is 2.14 bits per heavy atom. The van der Waals surface area contributed by atoms with Gasteiger partial charge >= 0.3 is 0 Å². The molecule has 0 atom stereocenters. The summed E-state index contributed by atoms with van der Waals surface area (Å²) in [5, 5.41) is 3.44. The Morgan fingerprint density at radius 1 is 1.43 bits per heavy atom. The molecule has 1 spiro atoms. The lowest BCUT2D eigenvalue weighted by Crippen LogP contribution is -2.65. The third-order valence-corrected chi connectivity index (χ3v) is 3.37. The van der Waals surface area contributed by atoms with Gasteiger partial charge in [0.2, 0.25) is 0 Å². The van der Waals surface area contributed by atoms with Crippen LogP contribution in [0.3, 0.4) is 0 Å². The summed E-state index contributed by atoms with van der Waals surface area (Å²) in [6.45, 7) is 1.26. The SMILES string of the molecule is C1CC2(CSC2)N1. The van der Waals surface area contributed by atoms with Crippen molar-refractivity contribution in [3.05, 3.63) is 0 Å². The minimum absolute atomic E-state index is 0.657. The monoisotopic (exact) mass is 115 g/mol. The molecule has 0 radical (unpaired) electrons. The van der Waals surface area contributed by atoms with E-state index in [4.69, 9.17) is 0 Å². The molecule has 1 N–H and O–H groups in total. The van der Waals surface area contributed by atoms with E-state index in [2.05, 4.69) is 17.1 Å². The van der Waals surface area contributed by atoms with Crippen LogP contribution in [0.1, 0.15) is 6.42 Å². The minimum atomic E-state index is 0.657. The van der Waals surface area contributed by atoms with Crippen LogP contribution < -0.4 is 5.32 Å². The summed E-state index contributed by atoms with van der Waals surface area (Å²) >= 11 is 2.06. The molecule has 0 aromatic heterocycles. The van der Waals surface area contributed by atoms with E-state index in [9.17, 15) is 0 Å². The van der Waals surface area contributed by atoms with Crippen molar-refractivity contribution >= 4 is 11.8 Å². The molecule has 0 aliphatic carbocycles. The molecule has 0 aromatic rings. The zero-order valence-corrected chi connectivity index (χ0v) is 5.05. The van der Waals surface area contributed by atoms with Gasteiger partial charge in [0, 0.05) is 17.0 Å². The Morgan fingerprint density at radius 3 is 2.14 bits per heavy atom. The fourth-order valence-corrected chi connectivity index (χ4v) is 2.26. The van der Waals surface area contributed by atoms with Crippen LogP contribution in [0.15, 0.2) is 0 Å². The van der Waals surface area contributed by atoms with Crippen LogP contribution in [-0.2, 0) is 0 Å². The molecule has 2 saturated heterocycles. The largest absolute Gasteiger partial charge is 0.310 e. The van der Waals surface area contributed by atoms with Crippen molar-refractivity contribution < 1.29 is 0 Å². The molecule has 2 aliphatic heterocycles. The summed E-state index contributed by atoms with van der Waals surface area (Å²) in [7, 11) is 0. The summed E-state index contributed by atoms with van der Waals surface area (Å²) in [6.07, 6.45) is 1.43. The average Bonchev–Trinajstić information content (AvgIpc) is 1.20. The van der Waals surface area contributed by atoms with Crippen LogP contribution in [0, 0.1) is 0 Å². The highest BCUT2D eigenvalue weighted by Gasteiger charge is 2.42. The van der Waals surface area contributed by atoms with Crippen molar-refractivity contribution in [3.63, 3.8) is 0 Å². The number of hydrogen-bond acceptors (Lipinski definition) is 2. The van der Waals surface area contributed by atoms with E-state index in [0.29, 0.717) is 5.54 Å². The molecule has 2 heterocycles. The molecule has 2 heteroatoms. The second kappa shape index (κ2) is 1.17. The van der Waals surface area contributed by atoms with Crippen LogP contribution in [0.4, 0.5) is 0 Å². The highest BCUT2D eigenvalue weighted by molar-refractivity contribution is 8.00. The summed E-state index contributed by atoms with van der Waals surface area (Å²) in [6, 6.07) is 0. The van der Waals surface area contributed by atoms with Gasteiger partial charge in [0.25, 0.3) is 0 Å². The molecule has 40 valence electrons. The maximum atomic E-state index is 3.44. The smallest absolute Gasteiger partial charge is 0.0374 e.